The molecule has 0 aromatic heterocycles. The standard InChI is InChI=1S/C5H10O2.C4H9NO/c1-5(2,3)7-4-6;6-3-4-1-2-5-4/h4H,1-3H3;4-6H,1-3H2. The molecule has 0 radical (unpaired) electrons. The molecule has 1 unspecified atom stereocenters. The summed E-state index contributed by atoms with van der Waals surface area (Å²) < 4.78 is 4.55. The Morgan fingerprint density at radius 3 is 2.15 bits per heavy atom. The lowest BCUT2D eigenvalue weighted by Crippen LogP contribution is -2.45. The molecule has 0 amide bonds. The Hall–Kier alpha value is -0.610. The molecule has 0 aromatic rings. The van der Waals surface area contributed by atoms with Gasteiger partial charge in [-0.15, -0.1) is 0 Å². The van der Waals surface area contributed by atoms with Gasteiger partial charge in [0, 0.05) is 6.04 Å². The number of carbonyl (C=O) groups is 1. The summed E-state index contributed by atoms with van der Waals surface area (Å²) in [5.74, 6) is 0. The van der Waals surface area contributed by atoms with Crippen LogP contribution in [0, 0.1) is 0 Å². The molecule has 0 saturated carbocycles. The van der Waals surface area contributed by atoms with Crippen molar-refractivity contribution < 1.29 is 14.6 Å². The second-order valence-corrected chi connectivity index (χ2v) is 3.95. The van der Waals surface area contributed by atoms with Gasteiger partial charge in [0.2, 0.25) is 0 Å². The van der Waals surface area contributed by atoms with Crippen LogP contribution in [0.5, 0.6) is 0 Å². The zero-order valence-electron chi connectivity index (χ0n) is 8.54. The fraction of sp³-hybridized carbons (Fsp3) is 0.889. The Morgan fingerprint density at radius 1 is 1.62 bits per heavy atom. The molecular formula is C9H19NO3. The Balaban J connectivity index is 0.000000223. The van der Waals surface area contributed by atoms with Gasteiger partial charge in [-0.05, 0) is 33.7 Å². The molecule has 0 aromatic carbocycles. The van der Waals surface area contributed by atoms with Crippen LogP contribution in [0.25, 0.3) is 0 Å². The second-order valence-electron chi connectivity index (χ2n) is 3.95. The minimum absolute atomic E-state index is 0.306. The molecule has 1 saturated heterocycles. The van der Waals surface area contributed by atoms with Gasteiger partial charge in [-0.1, -0.05) is 0 Å². The molecule has 4 nitrogen and oxygen atoms in total. The first-order valence-electron chi connectivity index (χ1n) is 4.45. The molecule has 78 valence electrons. The van der Waals surface area contributed by atoms with E-state index in [2.05, 4.69) is 10.1 Å². The SMILES string of the molecule is CC(C)(C)OC=O.OCC1CCN1. The lowest BCUT2D eigenvalue weighted by molar-refractivity contribution is -0.138. The highest BCUT2D eigenvalue weighted by Gasteiger charge is 2.13. The van der Waals surface area contributed by atoms with Gasteiger partial charge in [-0.3, -0.25) is 4.79 Å². The van der Waals surface area contributed by atoms with Crippen LogP contribution in [0.15, 0.2) is 0 Å². The Labute approximate surface area is 79.3 Å². The van der Waals surface area contributed by atoms with E-state index >= 15 is 0 Å². The monoisotopic (exact) mass is 189 g/mol. The van der Waals surface area contributed by atoms with Gasteiger partial charge in [-0.25, -0.2) is 0 Å². The van der Waals surface area contributed by atoms with Crippen molar-refractivity contribution in [2.45, 2.75) is 38.8 Å². The van der Waals surface area contributed by atoms with Crippen LogP contribution in [0.4, 0.5) is 0 Å². The number of hydrogen-bond acceptors (Lipinski definition) is 4. The van der Waals surface area contributed by atoms with Crippen LogP contribution in [0.3, 0.4) is 0 Å². The van der Waals surface area contributed by atoms with E-state index in [4.69, 9.17) is 5.11 Å². The highest BCUT2D eigenvalue weighted by atomic mass is 16.5. The Bertz CT molecular complexity index is 136. The minimum atomic E-state index is -0.318. The van der Waals surface area contributed by atoms with Crippen molar-refractivity contribution in [3.8, 4) is 0 Å². The topological polar surface area (TPSA) is 58.6 Å². The normalized spacial score (nSPS) is 20.8. The van der Waals surface area contributed by atoms with E-state index in [9.17, 15) is 4.79 Å². The molecule has 1 atom stereocenters. The van der Waals surface area contributed by atoms with E-state index in [0.717, 1.165) is 13.0 Å². The molecule has 1 rings (SSSR count). The van der Waals surface area contributed by atoms with Gasteiger partial charge >= 0.3 is 0 Å². The third kappa shape index (κ3) is 7.74. The molecule has 1 aliphatic rings. The van der Waals surface area contributed by atoms with E-state index in [1.807, 2.05) is 20.8 Å². The van der Waals surface area contributed by atoms with Crippen LogP contribution in [0.1, 0.15) is 27.2 Å². The highest BCUT2D eigenvalue weighted by Crippen LogP contribution is 2.02. The van der Waals surface area contributed by atoms with E-state index in [0.29, 0.717) is 19.1 Å². The predicted octanol–water partition coefficient (Wildman–Crippen LogP) is 0.299. The van der Waals surface area contributed by atoms with Crippen LogP contribution in [-0.2, 0) is 9.53 Å². The molecule has 1 aliphatic heterocycles. The average molecular weight is 189 g/mol. The van der Waals surface area contributed by atoms with Gasteiger partial charge in [0.15, 0.2) is 0 Å². The predicted molar refractivity (Wildman–Crippen MR) is 50.4 cm³/mol. The second kappa shape index (κ2) is 5.94. The summed E-state index contributed by atoms with van der Waals surface area (Å²) >= 11 is 0. The smallest absolute Gasteiger partial charge is 0.293 e. The Kier molecular flexibility index (Phi) is 5.66. The van der Waals surface area contributed by atoms with Crippen LogP contribution >= 0.6 is 0 Å². The summed E-state index contributed by atoms with van der Waals surface area (Å²) in [6.45, 7) is 7.31. The molecule has 1 fully saturated rings. The quantitative estimate of drug-likeness (QED) is 0.613. The largest absolute Gasteiger partial charge is 0.462 e. The highest BCUT2D eigenvalue weighted by molar-refractivity contribution is 5.37. The number of rotatable bonds is 2. The summed E-state index contributed by atoms with van der Waals surface area (Å²) in [6.07, 6.45) is 1.15. The maximum absolute atomic E-state index is 9.60. The third-order valence-electron chi connectivity index (χ3n) is 1.55. The van der Waals surface area contributed by atoms with Gasteiger partial charge in [0.05, 0.1) is 6.61 Å². The average Bonchev–Trinajstić information content (AvgIpc) is 1.82. The summed E-state index contributed by atoms with van der Waals surface area (Å²) in [6, 6.07) is 0.421. The molecule has 0 spiro atoms. The molecule has 0 bridgehead atoms. The summed E-state index contributed by atoms with van der Waals surface area (Å²) in [4.78, 5) is 9.60. The summed E-state index contributed by atoms with van der Waals surface area (Å²) in [7, 11) is 0. The molecule has 1 heterocycles. The van der Waals surface area contributed by atoms with Crippen molar-refractivity contribution in [3.05, 3.63) is 0 Å². The first-order valence-corrected chi connectivity index (χ1v) is 4.45. The molecule has 13 heavy (non-hydrogen) atoms. The number of aliphatic hydroxyl groups excluding tert-OH is 1. The van der Waals surface area contributed by atoms with Gasteiger partial charge < -0.3 is 15.2 Å². The van der Waals surface area contributed by atoms with Crippen molar-refractivity contribution in [1.82, 2.24) is 5.32 Å². The van der Waals surface area contributed by atoms with E-state index in [1.54, 1.807) is 0 Å². The van der Waals surface area contributed by atoms with Crippen LogP contribution in [-0.4, -0.2) is 36.4 Å². The zero-order valence-corrected chi connectivity index (χ0v) is 8.54. The molecule has 0 aliphatic carbocycles. The zero-order chi connectivity index (χ0) is 10.3. The van der Waals surface area contributed by atoms with Crippen LogP contribution in [0.2, 0.25) is 0 Å². The maximum Gasteiger partial charge on any atom is 0.293 e. The van der Waals surface area contributed by atoms with Gasteiger partial charge in [-0.2, -0.15) is 0 Å². The number of aliphatic hydroxyl groups is 1. The number of nitrogens with one attached hydrogen (secondary N) is 1. The maximum atomic E-state index is 9.60. The van der Waals surface area contributed by atoms with Crippen molar-refractivity contribution in [3.63, 3.8) is 0 Å². The van der Waals surface area contributed by atoms with Gasteiger partial charge in [0.1, 0.15) is 5.60 Å². The van der Waals surface area contributed by atoms with Crippen molar-refractivity contribution in [2.75, 3.05) is 13.2 Å². The third-order valence-corrected chi connectivity index (χ3v) is 1.55. The number of ether oxygens (including phenoxy) is 1. The van der Waals surface area contributed by atoms with E-state index < -0.39 is 0 Å². The molecule has 4 heteroatoms. The van der Waals surface area contributed by atoms with Gasteiger partial charge in [0.25, 0.3) is 6.47 Å². The lowest BCUT2D eigenvalue weighted by atomic mass is 10.1. The van der Waals surface area contributed by atoms with Crippen molar-refractivity contribution >= 4 is 6.47 Å². The van der Waals surface area contributed by atoms with Crippen LogP contribution < -0.4 is 5.32 Å². The first kappa shape index (κ1) is 12.4. The Morgan fingerprint density at radius 2 is 2.15 bits per heavy atom. The summed E-state index contributed by atoms with van der Waals surface area (Å²) in [5, 5.41) is 11.4. The first-order chi connectivity index (χ1) is 5.99. The lowest BCUT2D eigenvalue weighted by Gasteiger charge is -2.24. The van der Waals surface area contributed by atoms with Crippen molar-refractivity contribution in [1.29, 1.82) is 0 Å². The minimum Gasteiger partial charge on any atom is -0.462 e. The summed E-state index contributed by atoms with van der Waals surface area (Å²) in [5.41, 5.74) is -0.318. The van der Waals surface area contributed by atoms with E-state index in [1.165, 1.54) is 0 Å². The molecule has 2 N–H and O–H groups in total. The van der Waals surface area contributed by atoms with Crippen molar-refractivity contribution in [2.24, 2.45) is 0 Å². The number of carbonyl (C=O) groups excluding carboxylic acids is 1. The molecular weight excluding hydrogens is 170 g/mol. The fourth-order valence-corrected chi connectivity index (χ4v) is 0.649. The van der Waals surface area contributed by atoms with E-state index in [-0.39, 0.29) is 5.60 Å². The fourth-order valence-electron chi connectivity index (χ4n) is 0.649. The number of hydrogen-bond donors (Lipinski definition) is 2.